The summed E-state index contributed by atoms with van der Waals surface area (Å²) in [6, 6.07) is 25.5. The summed E-state index contributed by atoms with van der Waals surface area (Å²) < 4.78 is 0. The lowest BCUT2D eigenvalue weighted by molar-refractivity contribution is 0.227. The van der Waals surface area contributed by atoms with Crippen molar-refractivity contribution in [2.24, 2.45) is 0 Å². The fourth-order valence-corrected chi connectivity index (χ4v) is 4.96. The van der Waals surface area contributed by atoms with Crippen LogP contribution in [0.25, 0.3) is 0 Å². The Bertz CT molecular complexity index is 1180. The number of pyridine rings is 3. The second-order valence-electron chi connectivity index (χ2n) is 9.37. The van der Waals surface area contributed by atoms with Gasteiger partial charge in [-0.3, -0.25) is 19.9 Å². The van der Waals surface area contributed by atoms with Gasteiger partial charge in [0.1, 0.15) is 0 Å². The van der Waals surface area contributed by atoms with Crippen LogP contribution in [0.4, 0.5) is 0 Å². The molecule has 3 aromatic heterocycles. The van der Waals surface area contributed by atoms with E-state index >= 15 is 0 Å². The topological polar surface area (TPSA) is 53.9 Å². The van der Waals surface area contributed by atoms with E-state index in [0.717, 1.165) is 50.5 Å². The number of aromatic nitrogens is 3. The van der Waals surface area contributed by atoms with Crippen molar-refractivity contribution in [3.8, 4) is 0 Å². The maximum Gasteiger partial charge on any atom is 0.0544 e. The second-order valence-corrected chi connectivity index (χ2v) is 9.37. The largest absolute Gasteiger partial charge is 0.307 e. The van der Waals surface area contributed by atoms with Crippen LogP contribution in [0.3, 0.4) is 0 Å². The third-order valence-corrected chi connectivity index (χ3v) is 6.69. The number of hydrogen-bond acceptors (Lipinski definition) is 5. The third kappa shape index (κ3) is 7.29. The van der Waals surface area contributed by atoms with Crippen LogP contribution >= 0.6 is 17.0 Å². The summed E-state index contributed by atoms with van der Waals surface area (Å²) in [7, 11) is 0. The predicted molar refractivity (Wildman–Crippen MR) is 150 cm³/mol. The minimum atomic E-state index is 0. The molecule has 1 N–H and O–H groups in total. The number of benzene rings is 1. The van der Waals surface area contributed by atoms with Gasteiger partial charge < -0.3 is 5.32 Å². The molecule has 1 aromatic carbocycles. The number of aryl methyl sites for hydroxylation is 1. The molecule has 1 atom stereocenters. The Labute approximate surface area is 224 Å². The lowest BCUT2D eigenvalue weighted by atomic mass is 9.86. The zero-order chi connectivity index (χ0) is 23.7. The van der Waals surface area contributed by atoms with E-state index < -0.39 is 0 Å². The first kappa shape index (κ1) is 26.1. The van der Waals surface area contributed by atoms with Gasteiger partial charge in [-0.25, -0.2) is 0 Å². The quantitative estimate of drug-likeness (QED) is 0.271. The molecule has 0 saturated carbocycles. The van der Waals surface area contributed by atoms with Gasteiger partial charge in [0.2, 0.25) is 0 Å². The Morgan fingerprint density at radius 2 is 1.44 bits per heavy atom. The highest BCUT2D eigenvalue weighted by molar-refractivity contribution is 8.93. The summed E-state index contributed by atoms with van der Waals surface area (Å²) in [5.74, 6) is 0.471. The Morgan fingerprint density at radius 1 is 0.722 bits per heavy atom. The van der Waals surface area contributed by atoms with Gasteiger partial charge in [0.05, 0.1) is 11.4 Å². The van der Waals surface area contributed by atoms with E-state index in [-0.39, 0.29) is 17.0 Å². The van der Waals surface area contributed by atoms with Crippen molar-refractivity contribution in [1.82, 2.24) is 25.2 Å². The van der Waals surface area contributed by atoms with E-state index in [1.807, 2.05) is 42.9 Å². The third-order valence-electron chi connectivity index (χ3n) is 6.69. The smallest absolute Gasteiger partial charge is 0.0544 e. The molecule has 0 radical (unpaired) electrons. The van der Waals surface area contributed by atoms with Crippen LogP contribution in [0.15, 0.2) is 91.4 Å². The van der Waals surface area contributed by atoms with Crippen LogP contribution in [0.1, 0.15) is 52.5 Å². The van der Waals surface area contributed by atoms with Crippen molar-refractivity contribution in [1.29, 1.82) is 0 Å². The first-order valence-electron chi connectivity index (χ1n) is 12.6. The molecule has 36 heavy (non-hydrogen) atoms. The minimum Gasteiger partial charge on any atom is -0.307 e. The fraction of sp³-hybridized carbons (Fsp3) is 0.300. The highest BCUT2D eigenvalue weighted by Crippen LogP contribution is 2.31. The van der Waals surface area contributed by atoms with Gasteiger partial charge in [0.25, 0.3) is 0 Å². The molecule has 0 aliphatic heterocycles. The highest BCUT2D eigenvalue weighted by atomic mass is 79.9. The van der Waals surface area contributed by atoms with Crippen molar-refractivity contribution in [3.05, 3.63) is 125 Å². The molecule has 0 spiro atoms. The Hall–Kier alpha value is -2.93. The summed E-state index contributed by atoms with van der Waals surface area (Å²) in [6.45, 7) is 4.34. The van der Waals surface area contributed by atoms with E-state index in [1.165, 1.54) is 35.2 Å². The Balaban J connectivity index is 0.00000304. The van der Waals surface area contributed by atoms with E-state index in [4.69, 9.17) is 4.98 Å². The van der Waals surface area contributed by atoms with Crippen LogP contribution in [0, 0.1) is 0 Å². The molecule has 6 heteroatoms. The van der Waals surface area contributed by atoms with Gasteiger partial charge in [-0.05, 0) is 66.3 Å². The molecule has 0 bridgehead atoms. The van der Waals surface area contributed by atoms with E-state index in [9.17, 15) is 0 Å². The van der Waals surface area contributed by atoms with Crippen molar-refractivity contribution >= 4 is 17.0 Å². The molecular formula is C30H34BrN5. The van der Waals surface area contributed by atoms with E-state index in [1.54, 1.807) is 0 Å². The van der Waals surface area contributed by atoms with Gasteiger partial charge in [-0.2, -0.15) is 0 Å². The normalized spacial score (nSPS) is 14.8. The number of fused-ring (bicyclic) bond motifs is 1. The predicted octanol–water partition coefficient (Wildman–Crippen LogP) is 5.86. The van der Waals surface area contributed by atoms with Crippen LogP contribution in [0.5, 0.6) is 0 Å². The van der Waals surface area contributed by atoms with Crippen molar-refractivity contribution in [2.75, 3.05) is 6.54 Å². The van der Waals surface area contributed by atoms with Crippen molar-refractivity contribution in [2.45, 2.75) is 51.4 Å². The number of halogens is 1. The number of nitrogens with zero attached hydrogens (tertiary/aromatic N) is 4. The van der Waals surface area contributed by atoms with E-state index in [0.29, 0.717) is 5.92 Å². The van der Waals surface area contributed by atoms with Gasteiger partial charge in [-0.1, -0.05) is 42.5 Å². The molecule has 3 heterocycles. The zero-order valence-corrected chi connectivity index (χ0v) is 22.3. The van der Waals surface area contributed by atoms with Crippen LogP contribution < -0.4 is 5.32 Å². The second kappa shape index (κ2) is 13.4. The molecule has 0 amide bonds. The summed E-state index contributed by atoms with van der Waals surface area (Å²) >= 11 is 0. The summed E-state index contributed by atoms with van der Waals surface area (Å²) in [6.07, 6.45) is 9.25. The molecule has 5 rings (SSSR count). The first-order chi connectivity index (χ1) is 17.3. The molecular weight excluding hydrogens is 510 g/mol. The SMILES string of the molecule is Br.c1ccc(CNCc2ccc(CN(Cc3ccccn3)CC3CCCc4cccnc43)cc2)nc1. The van der Waals surface area contributed by atoms with Gasteiger partial charge >= 0.3 is 0 Å². The molecule has 0 fully saturated rings. The Morgan fingerprint density at radius 3 is 2.19 bits per heavy atom. The highest BCUT2D eigenvalue weighted by Gasteiger charge is 2.24. The van der Waals surface area contributed by atoms with Crippen molar-refractivity contribution < 1.29 is 0 Å². The molecule has 5 nitrogen and oxygen atoms in total. The number of hydrogen-bond donors (Lipinski definition) is 1. The van der Waals surface area contributed by atoms with Crippen LogP contribution in [0.2, 0.25) is 0 Å². The first-order valence-corrected chi connectivity index (χ1v) is 12.6. The lowest BCUT2D eigenvalue weighted by Gasteiger charge is -2.30. The van der Waals surface area contributed by atoms with E-state index in [2.05, 4.69) is 68.7 Å². The standard InChI is InChI=1S/C30H33N5.BrH/c1-3-16-32-28(10-1)20-31-19-24-12-14-25(15-13-24)21-35(23-29-11-2-4-17-33-29)22-27-8-5-7-26-9-6-18-34-30(26)27;/h1-4,6,9-18,27,31H,5,7-8,19-23H2;1H. The minimum absolute atomic E-state index is 0. The summed E-state index contributed by atoms with van der Waals surface area (Å²) in [4.78, 5) is 16.3. The molecule has 0 saturated heterocycles. The molecule has 1 aliphatic rings. The Kier molecular flexibility index (Phi) is 9.73. The van der Waals surface area contributed by atoms with Gasteiger partial charge in [0, 0.05) is 62.9 Å². The molecule has 1 aliphatic carbocycles. The van der Waals surface area contributed by atoms with Crippen molar-refractivity contribution in [3.63, 3.8) is 0 Å². The fourth-order valence-electron chi connectivity index (χ4n) is 4.96. The molecule has 186 valence electrons. The lowest BCUT2D eigenvalue weighted by Crippen LogP contribution is -2.30. The zero-order valence-electron chi connectivity index (χ0n) is 20.6. The molecule has 1 unspecified atom stereocenters. The molecule has 4 aromatic rings. The maximum absolute atomic E-state index is 4.78. The monoisotopic (exact) mass is 543 g/mol. The average molecular weight is 545 g/mol. The van der Waals surface area contributed by atoms with Gasteiger partial charge in [-0.15, -0.1) is 17.0 Å². The number of rotatable bonds is 10. The van der Waals surface area contributed by atoms with Crippen LogP contribution in [-0.4, -0.2) is 26.4 Å². The van der Waals surface area contributed by atoms with Gasteiger partial charge in [0.15, 0.2) is 0 Å². The number of nitrogens with one attached hydrogen (secondary N) is 1. The average Bonchev–Trinajstić information content (AvgIpc) is 2.91. The summed E-state index contributed by atoms with van der Waals surface area (Å²) in [5, 5.41) is 3.49. The maximum atomic E-state index is 4.78. The van der Waals surface area contributed by atoms with Crippen LogP contribution in [-0.2, 0) is 32.6 Å². The summed E-state index contributed by atoms with van der Waals surface area (Å²) in [5.41, 5.74) is 7.49.